The third-order valence-corrected chi connectivity index (χ3v) is 4.05. The molecule has 0 fully saturated rings. The third-order valence-electron chi connectivity index (χ3n) is 3.65. The van der Waals surface area contributed by atoms with Crippen LogP contribution in [0.1, 0.15) is 84.5 Å². The molecule has 2 nitrogen and oxygen atoms in total. The van der Waals surface area contributed by atoms with Crippen LogP contribution in [0.5, 0.6) is 0 Å². The molecule has 0 aromatic heterocycles. The molecule has 0 saturated heterocycles. The first-order chi connectivity index (χ1) is 10.1. The van der Waals surface area contributed by atoms with Gasteiger partial charge >= 0.3 is 5.97 Å². The normalized spacial score (nSPS) is 12.1. The molecule has 0 heterocycles. The van der Waals surface area contributed by atoms with E-state index in [2.05, 4.69) is 26.1 Å². The van der Waals surface area contributed by atoms with E-state index in [-0.39, 0.29) is 11.2 Å². The Morgan fingerprint density at radius 3 is 1.95 bits per heavy atom. The van der Waals surface area contributed by atoms with Gasteiger partial charge in [0.15, 0.2) is 0 Å². The number of rotatable bonds is 14. The van der Waals surface area contributed by atoms with Crippen LogP contribution in [0.3, 0.4) is 0 Å². The minimum atomic E-state index is -0.308. The van der Waals surface area contributed by atoms with E-state index in [0.29, 0.717) is 12.2 Å². The maximum atomic E-state index is 11.2. The molecule has 1 atom stereocenters. The van der Waals surface area contributed by atoms with Crippen LogP contribution in [0.15, 0.2) is 12.2 Å². The highest BCUT2D eigenvalue weighted by Crippen LogP contribution is 2.14. The second-order valence-electron chi connectivity index (χ2n) is 6.00. The summed E-state index contributed by atoms with van der Waals surface area (Å²) < 4.78 is 5.09. The molecule has 0 aromatic carbocycles. The number of hydrogen-bond donors (Lipinski definition) is 1. The highest BCUT2D eigenvalue weighted by Gasteiger charge is 2.08. The van der Waals surface area contributed by atoms with Gasteiger partial charge in [-0.05, 0) is 13.3 Å². The lowest BCUT2D eigenvalue weighted by Crippen LogP contribution is -2.14. The first-order valence-corrected chi connectivity index (χ1v) is 9.10. The zero-order valence-electron chi connectivity index (χ0n) is 14.0. The van der Waals surface area contributed by atoms with Gasteiger partial charge in [0.1, 0.15) is 6.61 Å². The van der Waals surface area contributed by atoms with Crippen molar-refractivity contribution in [2.45, 2.75) is 89.7 Å². The molecule has 0 amide bonds. The van der Waals surface area contributed by atoms with Crippen LogP contribution < -0.4 is 0 Å². The van der Waals surface area contributed by atoms with Gasteiger partial charge in [0.05, 0.1) is 0 Å². The Morgan fingerprint density at radius 1 is 1.00 bits per heavy atom. The van der Waals surface area contributed by atoms with E-state index in [9.17, 15) is 4.79 Å². The van der Waals surface area contributed by atoms with Crippen LogP contribution in [-0.4, -0.2) is 17.8 Å². The summed E-state index contributed by atoms with van der Waals surface area (Å²) >= 11 is 4.46. The van der Waals surface area contributed by atoms with Crippen LogP contribution in [0, 0.1) is 0 Å². The lowest BCUT2D eigenvalue weighted by Gasteiger charge is -2.11. The number of unbranched alkanes of at least 4 members (excludes halogenated alkanes) is 9. The van der Waals surface area contributed by atoms with E-state index in [1.54, 1.807) is 6.92 Å². The van der Waals surface area contributed by atoms with Crippen molar-refractivity contribution in [2.75, 3.05) is 6.61 Å². The number of carbonyl (C=O) groups excluding carboxylic acids is 1. The third kappa shape index (κ3) is 14.3. The Morgan fingerprint density at radius 2 is 1.48 bits per heavy atom. The van der Waals surface area contributed by atoms with E-state index >= 15 is 0 Å². The summed E-state index contributed by atoms with van der Waals surface area (Å²) in [5.74, 6) is -0.308. The van der Waals surface area contributed by atoms with Crippen LogP contribution >= 0.6 is 12.6 Å². The highest BCUT2D eigenvalue weighted by atomic mass is 32.1. The van der Waals surface area contributed by atoms with Crippen molar-refractivity contribution in [2.24, 2.45) is 0 Å². The molecule has 0 bridgehead atoms. The fourth-order valence-corrected chi connectivity index (χ4v) is 2.50. The molecule has 124 valence electrons. The van der Waals surface area contributed by atoms with Crippen molar-refractivity contribution in [1.82, 2.24) is 0 Å². The van der Waals surface area contributed by atoms with Gasteiger partial charge in [0, 0.05) is 10.8 Å². The van der Waals surface area contributed by atoms with Gasteiger partial charge in [-0.2, -0.15) is 12.6 Å². The number of ether oxygens (including phenoxy) is 1. The molecule has 3 heteroatoms. The minimum Gasteiger partial charge on any atom is -0.461 e. The second kappa shape index (κ2) is 14.5. The molecular weight excluding hydrogens is 280 g/mol. The fraction of sp³-hybridized carbons (Fsp3) is 0.833. The van der Waals surface area contributed by atoms with Crippen LogP contribution in [0.2, 0.25) is 0 Å². The van der Waals surface area contributed by atoms with Crippen molar-refractivity contribution in [3.8, 4) is 0 Å². The fourth-order valence-electron chi connectivity index (χ4n) is 2.25. The summed E-state index contributed by atoms with van der Waals surface area (Å²) in [5, 5.41) is 0.155. The topological polar surface area (TPSA) is 26.3 Å². The zero-order valence-corrected chi connectivity index (χ0v) is 14.9. The van der Waals surface area contributed by atoms with Gasteiger partial charge in [-0.1, -0.05) is 77.7 Å². The maximum absolute atomic E-state index is 11.2. The molecule has 0 saturated carbocycles. The number of hydrogen-bond acceptors (Lipinski definition) is 3. The monoisotopic (exact) mass is 314 g/mol. The number of esters is 1. The van der Waals surface area contributed by atoms with Crippen LogP contribution in [-0.2, 0) is 9.53 Å². The van der Waals surface area contributed by atoms with Crippen molar-refractivity contribution in [3.05, 3.63) is 12.2 Å². The molecule has 0 rings (SSSR count). The van der Waals surface area contributed by atoms with Crippen molar-refractivity contribution >= 4 is 18.6 Å². The average Bonchev–Trinajstić information content (AvgIpc) is 2.46. The Balaban J connectivity index is 3.27. The zero-order chi connectivity index (χ0) is 15.9. The van der Waals surface area contributed by atoms with Gasteiger partial charge in [-0.15, -0.1) is 0 Å². The highest BCUT2D eigenvalue weighted by molar-refractivity contribution is 7.81. The van der Waals surface area contributed by atoms with Crippen molar-refractivity contribution in [1.29, 1.82) is 0 Å². The second-order valence-corrected chi connectivity index (χ2v) is 6.73. The van der Waals surface area contributed by atoms with Crippen LogP contribution in [0.25, 0.3) is 0 Å². The Hall–Kier alpha value is -0.440. The largest absolute Gasteiger partial charge is 0.461 e. The number of carbonyl (C=O) groups is 1. The Bertz CT molecular complexity index is 276. The van der Waals surface area contributed by atoms with E-state index in [1.807, 2.05) is 0 Å². The van der Waals surface area contributed by atoms with Gasteiger partial charge < -0.3 is 4.74 Å². The van der Waals surface area contributed by atoms with Crippen LogP contribution in [0.4, 0.5) is 0 Å². The smallest absolute Gasteiger partial charge is 0.333 e. The predicted molar refractivity (Wildman–Crippen MR) is 95.0 cm³/mol. The Kier molecular flexibility index (Phi) is 14.2. The molecule has 0 aromatic rings. The molecule has 0 spiro atoms. The molecule has 21 heavy (non-hydrogen) atoms. The van der Waals surface area contributed by atoms with E-state index in [0.717, 1.165) is 6.42 Å². The predicted octanol–water partition coefficient (Wildman–Crippen LogP) is 5.72. The first-order valence-electron chi connectivity index (χ1n) is 8.58. The van der Waals surface area contributed by atoms with Crippen molar-refractivity contribution in [3.63, 3.8) is 0 Å². The first kappa shape index (κ1) is 20.6. The maximum Gasteiger partial charge on any atom is 0.333 e. The summed E-state index contributed by atoms with van der Waals surface area (Å²) in [4.78, 5) is 11.2. The summed E-state index contributed by atoms with van der Waals surface area (Å²) in [6, 6.07) is 0. The molecule has 0 aliphatic rings. The molecule has 0 radical (unpaired) electrons. The molecular formula is C18H34O2S. The van der Waals surface area contributed by atoms with Gasteiger partial charge in [0.2, 0.25) is 0 Å². The van der Waals surface area contributed by atoms with Gasteiger partial charge in [0.25, 0.3) is 0 Å². The summed E-state index contributed by atoms with van der Waals surface area (Å²) in [5.41, 5.74) is 0.453. The van der Waals surface area contributed by atoms with Crippen molar-refractivity contribution < 1.29 is 9.53 Å². The SMILES string of the molecule is C=C(C)C(=O)OCC(S)CCCCCCCCCCCC. The summed E-state index contributed by atoms with van der Waals surface area (Å²) in [6.07, 6.45) is 14.4. The van der Waals surface area contributed by atoms with Gasteiger partial charge in [-0.25, -0.2) is 4.79 Å². The summed E-state index contributed by atoms with van der Waals surface area (Å²) in [7, 11) is 0. The standard InChI is InChI=1S/C18H34O2S/c1-4-5-6-7-8-9-10-11-12-13-14-17(21)15-20-18(19)16(2)3/h17,21H,2,4-15H2,1,3H3. The van der Waals surface area contributed by atoms with Gasteiger partial charge in [-0.3, -0.25) is 0 Å². The lowest BCUT2D eigenvalue weighted by atomic mass is 10.1. The molecule has 1 unspecified atom stereocenters. The molecule has 0 N–H and O–H groups in total. The minimum absolute atomic E-state index is 0.155. The van der Waals surface area contributed by atoms with E-state index in [1.165, 1.54) is 64.2 Å². The van der Waals surface area contributed by atoms with E-state index < -0.39 is 0 Å². The summed E-state index contributed by atoms with van der Waals surface area (Å²) in [6.45, 7) is 7.88. The van der Waals surface area contributed by atoms with E-state index in [4.69, 9.17) is 4.74 Å². The molecule has 0 aliphatic carbocycles. The quantitative estimate of drug-likeness (QED) is 0.192. The lowest BCUT2D eigenvalue weighted by molar-refractivity contribution is -0.138. The number of thiol groups is 1. The molecule has 0 aliphatic heterocycles. The average molecular weight is 315 g/mol. The Labute approximate surface area is 137 Å².